The van der Waals surface area contributed by atoms with Crippen LogP contribution in [0.4, 0.5) is 0 Å². The van der Waals surface area contributed by atoms with Crippen LogP contribution in [0, 0.1) is 28.6 Å². The average Bonchev–Trinajstić information content (AvgIpc) is 3.38. The van der Waals surface area contributed by atoms with Crippen molar-refractivity contribution in [1.82, 2.24) is 31.2 Å². The van der Waals surface area contributed by atoms with Gasteiger partial charge >= 0.3 is 0 Å². The van der Waals surface area contributed by atoms with Gasteiger partial charge in [0.25, 0.3) is 11.8 Å². The Kier molecular flexibility index (Phi) is 12.0. The van der Waals surface area contributed by atoms with Gasteiger partial charge in [-0.25, -0.2) is 0 Å². The fourth-order valence-electron chi connectivity index (χ4n) is 7.66. The third-order valence-electron chi connectivity index (χ3n) is 10.6. The molecule has 4 N–H and O–H groups in total. The lowest BCUT2D eigenvalue weighted by Crippen LogP contribution is -2.62. The molecule has 1 unspecified atom stereocenters. The monoisotopic (exact) mass is 678 g/mol. The molecule has 49 heavy (non-hydrogen) atoms. The number of pyridine rings is 1. The van der Waals surface area contributed by atoms with Crippen LogP contribution in [0.5, 0.6) is 0 Å². The first kappa shape index (κ1) is 37.7. The lowest BCUT2D eigenvalue weighted by Gasteiger charge is -2.39. The Morgan fingerprint density at radius 2 is 1.73 bits per heavy atom. The Morgan fingerprint density at radius 3 is 2.33 bits per heavy atom. The number of ketones is 1. The molecule has 2 aliphatic carbocycles. The van der Waals surface area contributed by atoms with E-state index in [9.17, 15) is 28.8 Å². The lowest BCUT2D eigenvalue weighted by molar-refractivity contribution is -0.147. The van der Waals surface area contributed by atoms with Gasteiger partial charge in [0.15, 0.2) is 0 Å². The average molecular weight is 679 g/mol. The summed E-state index contributed by atoms with van der Waals surface area (Å²) in [6.45, 7) is 15.5. The molecule has 12 heteroatoms. The van der Waals surface area contributed by atoms with E-state index < -0.39 is 64.9 Å². The second-order valence-electron chi connectivity index (χ2n) is 15.5. The van der Waals surface area contributed by atoms with Gasteiger partial charge in [-0.2, -0.15) is 0 Å². The summed E-state index contributed by atoms with van der Waals surface area (Å²) in [4.78, 5) is 87.1. The Morgan fingerprint density at radius 1 is 1.04 bits per heavy atom. The van der Waals surface area contributed by atoms with Crippen LogP contribution in [-0.4, -0.2) is 82.5 Å². The zero-order valence-electron chi connectivity index (χ0n) is 29.8. The third kappa shape index (κ3) is 8.56. The molecule has 1 aromatic rings. The van der Waals surface area contributed by atoms with E-state index in [-0.39, 0.29) is 41.8 Å². The highest BCUT2D eigenvalue weighted by atomic mass is 16.2. The molecular formula is C37H54N6O6. The summed E-state index contributed by atoms with van der Waals surface area (Å²) in [5.41, 5.74) is -0.750. The van der Waals surface area contributed by atoms with Gasteiger partial charge in [0, 0.05) is 19.3 Å². The van der Waals surface area contributed by atoms with Crippen molar-refractivity contribution in [2.75, 3.05) is 13.1 Å². The van der Waals surface area contributed by atoms with Gasteiger partial charge in [-0.3, -0.25) is 33.8 Å². The van der Waals surface area contributed by atoms with Crippen LogP contribution in [0.25, 0.3) is 0 Å². The Hall–Kier alpha value is -4.09. The number of hydrogen-bond acceptors (Lipinski definition) is 7. The first-order valence-electron chi connectivity index (χ1n) is 17.7. The minimum atomic E-state index is -1.04. The van der Waals surface area contributed by atoms with Gasteiger partial charge in [0.1, 0.15) is 23.8 Å². The molecule has 3 fully saturated rings. The molecule has 2 heterocycles. The number of fused-ring (bicyclic) bond motifs is 1. The zero-order valence-corrected chi connectivity index (χ0v) is 29.8. The Bertz CT molecular complexity index is 1420. The molecule has 1 aliphatic heterocycles. The van der Waals surface area contributed by atoms with Crippen molar-refractivity contribution in [2.45, 2.75) is 111 Å². The molecule has 4 rings (SSSR count). The third-order valence-corrected chi connectivity index (χ3v) is 10.6. The topological polar surface area (TPSA) is 167 Å². The number of nitrogens with one attached hydrogen (secondary N) is 4. The van der Waals surface area contributed by atoms with Crippen molar-refractivity contribution in [3.63, 3.8) is 0 Å². The molecule has 1 saturated heterocycles. The van der Waals surface area contributed by atoms with Gasteiger partial charge in [-0.1, -0.05) is 79.4 Å². The minimum Gasteiger partial charge on any atom is -0.346 e. The van der Waals surface area contributed by atoms with Crippen molar-refractivity contribution >= 4 is 35.3 Å². The fourth-order valence-corrected chi connectivity index (χ4v) is 7.66. The number of Topliss-reactive ketones (excluding diaryl/α,β-unsaturated/α-hetero) is 1. The van der Waals surface area contributed by atoms with Gasteiger partial charge in [-0.05, 0) is 60.0 Å². The van der Waals surface area contributed by atoms with E-state index in [2.05, 4.69) is 46.7 Å². The van der Waals surface area contributed by atoms with Crippen LogP contribution in [0.3, 0.4) is 0 Å². The number of rotatable bonds is 14. The van der Waals surface area contributed by atoms with E-state index >= 15 is 0 Å². The lowest BCUT2D eigenvalue weighted by atomic mass is 9.82. The minimum absolute atomic E-state index is 0.0624. The summed E-state index contributed by atoms with van der Waals surface area (Å²) in [5.74, 6) is -3.54. The van der Waals surface area contributed by atoms with Crippen molar-refractivity contribution in [3.8, 4) is 0 Å². The highest BCUT2D eigenvalue weighted by Gasteiger charge is 2.70. The smallest absolute Gasteiger partial charge is 0.289 e. The Labute approximate surface area is 290 Å². The van der Waals surface area contributed by atoms with E-state index in [0.717, 1.165) is 32.1 Å². The highest BCUT2D eigenvalue weighted by Crippen LogP contribution is 2.65. The quantitative estimate of drug-likeness (QED) is 0.173. The van der Waals surface area contributed by atoms with Gasteiger partial charge in [0.2, 0.25) is 23.5 Å². The molecular weight excluding hydrogens is 624 g/mol. The van der Waals surface area contributed by atoms with Crippen LogP contribution < -0.4 is 21.3 Å². The summed E-state index contributed by atoms with van der Waals surface area (Å²) in [6.07, 6.45) is 8.27. The first-order valence-corrected chi connectivity index (χ1v) is 17.7. The molecule has 12 nitrogen and oxygen atoms in total. The van der Waals surface area contributed by atoms with E-state index in [1.807, 2.05) is 27.7 Å². The number of piperidine rings is 1. The summed E-state index contributed by atoms with van der Waals surface area (Å²) in [6, 6.07) is 1.20. The Balaban J connectivity index is 1.57. The second kappa shape index (κ2) is 15.6. The molecule has 0 spiro atoms. The number of carbonyl (C=O) groups is 6. The van der Waals surface area contributed by atoms with Gasteiger partial charge in [-0.15, -0.1) is 6.58 Å². The maximum Gasteiger partial charge on any atom is 0.289 e. The van der Waals surface area contributed by atoms with Crippen LogP contribution in [0.15, 0.2) is 37.1 Å². The standard InChI is InChI=1S/C37H54N6O6/c1-8-15-24(29(44)34(48)39-19-9-2)40-33(47)28-26-23(37(26,6)7)21-43(28)35(49)30(36(3,4)5)42-32(46)27(22-16-11-10-12-17-22)41-31(45)25-18-13-14-20-38-25/h9,13-14,18,20,22-24,26-28,30H,2,8,10-12,15-17,19,21H2,1,3-7H3,(H,39,48)(H,40,47)(H,41,45)(H,42,46)/t23-,24?,26-,27-,28-,30+/m0/s1. The molecule has 2 saturated carbocycles. The molecule has 3 aliphatic rings. The van der Waals surface area contributed by atoms with Crippen molar-refractivity contribution in [2.24, 2.45) is 28.6 Å². The van der Waals surface area contributed by atoms with Gasteiger partial charge in [0.05, 0.1) is 6.04 Å². The van der Waals surface area contributed by atoms with Crippen LogP contribution in [0.1, 0.15) is 97.0 Å². The summed E-state index contributed by atoms with van der Waals surface area (Å²) >= 11 is 0. The first-order chi connectivity index (χ1) is 23.1. The van der Waals surface area contributed by atoms with Crippen molar-refractivity contribution in [1.29, 1.82) is 0 Å². The number of likely N-dealkylation sites (tertiary alicyclic amines) is 1. The SMILES string of the molecule is C=CCNC(=O)C(=O)C(CCC)NC(=O)[C@@H]1[C@@H]2[C@H](CN1C(=O)[C@@H](NC(=O)[C@@H](NC(=O)c1ccccn1)C1CCCCC1)C(C)(C)C)C2(C)C. The van der Waals surface area contributed by atoms with Crippen LogP contribution >= 0.6 is 0 Å². The largest absolute Gasteiger partial charge is 0.346 e. The predicted octanol–water partition coefficient (Wildman–Crippen LogP) is 2.93. The number of aromatic nitrogens is 1. The summed E-state index contributed by atoms with van der Waals surface area (Å²) in [7, 11) is 0. The maximum atomic E-state index is 14.5. The normalized spacial score (nSPS) is 23.2. The van der Waals surface area contributed by atoms with E-state index in [0.29, 0.717) is 13.0 Å². The van der Waals surface area contributed by atoms with Crippen LogP contribution in [0.2, 0.25) is 0 Å². The number of carbonyl (C=O) groups excluding carboxylic acids is 6. The summed E-state index contributed by atoms with van der Waals surface area (Å²) in [5, 5.41) is 11.2. The molecule has 5 amide bonds. The second-order valence-corrected chi connectivity index (χ2v) is 15.5. The van der Waals surface area contributed by atoms with Crippen molar-refractivity contribution in [3.05, 3.63) is 42.7 Å². The van der Waals surface area contributed by atoms with Gasteiger partial charge < -0.3 is 26.2 Å². The van der Waals surface area contributed by atoms with Crippen LogP contribution in [-0.2, 0) is 24.0 Å². The van der Waals surface area contributed by atoms with E-state index in [4.69, 9.17) is 0 Å². The number of amides is 5. The summed E-state index contributed by atoms with van der Waals surface area (Å²) < 4.78 is 0. The molecule has 1 aromatic heterocycles. The zero-order chi connectivity index (χ0) is 36.1. The number of nitrogens with zero attached hydrogens (tertiary/aromatic N) is 2. The molecule has 6 atom stereocenters. The molecule has 0 bridgehead atoms. The molecule has 0 radical (unpaired) electrons. The number of hydrogen-bond donors (Lipinski definition) is 4. The highest BCUT2D eigenvalue weighted by molar-refractivity contribution is 6.38. The molecule has 0 aromatic carbocycles. The van der Waals surface area contributed by atoms with E-state index in [1.165, 1.54) is 12.3 Å². The van der Waals surface area contributed by atoms with Crippen molar-refractivity contribution < 1.29 is 28.8 Å². The fraction of sp³-hybridized carbons (Fsp3) is 0.649. The predicted molar refractivity (Wildman–Crippen MR) is 185 cm³/mol. The maximum absolute atomic E-state index is 14.5. The molecule has 268 valence electrons. The van der Waals surface area contributed by atoms with E-state index in [1.54, 1.807) is 23.1 Å².